The summed E-state index contributed by atoms with van der Waals surface area (Å²) in [4.78, 5) is 9.00. The van der Waals surface area contributed by atoms with Gasteiger partial charge in [0.1, 0.15) is 0 Å². The number of aromatic nitrogens is 1. The van der Waals surface area contributed by atoms with Crippen molar-refractivity contribution in [1.82, 2.24) is 14.8 Å². The average molecular weight is 265 g/mol. The van der Waals surface area contributed by atoms with Gasteiger partial charge in [-0.3, -0.25) is 14.8 Å². The van der Waals surface area contributed by atoms with Crippen LogP contribution in [-0.2, 0) is 11.3 Å². The summed E-state index contributed by atoms with van der Waals surface area (Å²) >= 11 is 0. The summed E-state index contributed by atoms with van der Waals surface area (Å²) < 4.78 is 5.34. The van der Waals surface area contributed by atoms with E-state index in [1.165, 1.54) is 0 Å². The fraction of sp³-hybridized carbons (Fsp3) is 0.643. The second kappa shape index (κ2) is 8.22. The maximum atomic E-state index is 9.16. The van der Waals surface area contributed by atoms with Crippen molar-refractivity contribution in [3.63, 3.8) is 0 Å². The zero-order chi connectivity index (χ0) is 13.3. The van der Waals surface area contributed by atoms with E-state index in [0.29, 0.717) is 6.54 Å². The first-order valence-electron chi connectivity index (χ1n) is 6.91. The van der Waals surface area contributed by atoms with Crippen LogP contribution >= 0.6 is 0 Å². The van der Waals surface area contributed by atoms with E-state index in [4.69, 9.17) is 9.84 Å². The van der Waals surface area contributed by atoms with Crippen LogP contribution in [0.3, 0.4) is 0 Å². The molecule has 0 aromatic carbocycles. The molecule has 2 heterocycles. The average Bonchev–Trinajstić information content (AvgIpc) is 2.47. The van der Waals surface area contributed by atoms with Crippen LogP contribution < -0.4 is 0 Å². The number of nitrogens with zero attached hydrogens (tertiary/aromatic N) is 3. The topological polar surface area (TPSA) is 48.8 Å². The van der Waals surface area contributed by atoms with Gasteiger partial charge in [-0.2, -0.15) is 0 Å². The van der Waals surface area contributed by atoms with E-state index < -0.39 is 0 Å². The number of rotatable bonds is 7. The van der Waals surface area contributed by atoms with Crippen LogP contribution in [0.25, 0.3) is 0 Å². The maximum Gasteiger partial charge on any atom is 0.0594 e. The lowest BCUT2D eigenvalue weighted by Gasteiger charge is -2.29. The van der Waals surface area contributed by atoms with Gasteiger partial charge in [-0.05, 0) is 12.1 Å². The van der Waals surface area contributed by atoms with Gasteiger partial charge in [-0.15, -0.1) is 0 Å². The van der Waals surface area contributed by atoms with E-state index in [2.05, 4.69) is 14.8 Å². The summed E-state index contributed by atoms with van der Waals surface area (Å²) in [5, 5.41) is 9.16. The van der Waals surface area contributed by atoms with Crippen LogP contribution in [-0.4, -0.2) is 72.4 Å². The van der Waals surface area contributed by atoms with E-state index in [0.717, 1.165) is 51.6 Å². The van der Waals surface area contributed by atoms with E-state index in [1.54, 1.807) is 0 Å². The molecule has 1 aromatic heterocycles. The fourth-order valence-electron chi connectivity index (χ4n) is 2.24. The Morgan fingerprint density at radius 1 is 1.26 bits per heavy atom. The lowest BCUT2D eigenvalue weighted by Crippen LogP contribution is -2.42. The molecule has 5 heteroatoms. The highest BCUT2D eigenvalue weighted by Crippen LogP contribution is 2.02. The third kappa shape index (κ3) is 5.24. The van der Waals surface area contributed by atoms with E-state index >= 15 is 0 Å². The van der Waals surface area contributed by atoms with E-state index in [1.807, 2.05) is 24.4 Å². The highest BCUT2D eigenvalue weighted by molar-refractivity contribution is 5.03. The van der Waals surface area contributed by atoms with Crippen molar-refractivity contribution >= 4 is 0 Å². The van der Waals surface area contributed by atoms with Gasteiger partial charge in [0.25, 0.3) is 0 Å². The van der Waals surface area contributed by atoms with Crippen LogP contribution in [0, 0.1) is 0 Å². The molecule has 0 atom stereocenters. The van der Waals surface area contributed by atoms with E-state index in [9.17, 15) is 0 Å². The Morgan fingerprint density at radius 3 is 2.79 bits per heavy atom. The zero-order valence-corrected chi connectivity index (χ0v) is 11.4. The third-order valence-corrected chi connectivity index (χ3v) is 3.36. The molecule has 0 aliphatic carbocycles. The normalized spacial score (nSPS) is 16.9. The number of hydrogen-bond donors (Lipinski definition) is 1. The molecule has 0 radical (unpaired) electrons. The highest BCUT2D eigenvalue weighted by atomic mass is 16.5. The van der Waals surface area contributed by atoms with Crippen molar-refractivity contribution in [3.05, 3.63) is 30.1 Å². The minimum atomic E-state index is 0.190. The van der Waals surface area contributed by atoms with Crippen LogP contribution in [0.1, 0.15) is 5.69 Å². The van der Waals surface area contributed by atoms with Gasteiger partial charge < -0.3 is 9.84 Å². The first-order valence-corrected chi connectivity index (χ1v) is 6.91. The molecule has 1 aromatic rings. The molecule has 0 unspecified atom stereocenters. The SMILES string of the molecule is OCCN(CCN1CCOCC1)Cc1ccccn1. The molecule has 1 saturated heterocycles. The molecule has 2 rings (SSSR count). The fourth-order valence-corrected chi connectivity index (χ4v) is 2.24. The van der Waals surface area contributed by atoms with Crippen molar-refractivity contribution in [1.29, 1.82) is 0 Å². The Bertz CT molecular complexity index is 342. The number of aliphatic hydroxyl groups is 1. The summed E-state index contributed by atoms with van der Waals surface area (Å²) in [6.07, 6.45) is 1.81. The molecule has 0 spiro atoms. The highest BCUT2D eigenvalue weighted by Gasteiger charge is 2.12. The van der Waals surface area contributed by atoms with Crippen LogP contribution in [0.2, 0.25) is 0 Å². The number of hydrogen-bond acceptors (Lipinski definition) is 5. The Labute approximate surface area is 114 Å². The smallest absolute Gasteiger partial charge is 0.0594 e. The third-order valence-electron chi connectivity index (χ3n) is 3.36. The van der Waals surface area contributed by atoms with Gasteiger partial charge >= 0.3 is 0 Å². The summed E-state index contributed by atoms with van der Waals surface area (Å²) in [5.41, 5.74) is 1.05. The zero-order valence-electron chi connectivity index (χ0n) is 11.4. The van der Waals surface area contributed by atoms with Gasteiger partial charge in [0.2, 0.25) is 0 Å². The molecule has 1 N–H and O–H groups in total. The van der Waals surface area contributed by atoms with Crippen molar-refractivity contribution < 1.29 is 9.84 Å². The second-order valence-electron chi connectivity index (χ2n) is 4.77. The van der Waals surface area contributed by atoms with Crippen molar-refractivity contribution in [2.75, 3.05) is 52.5 Å². The number of ether oxygens (including phenoxy) is 1. The molecule has 0 saturated carbocycles. The van der Waals surface area contributed by atoms with E-state index in [-0.39, 0.29) is 6.61 Å². The van der Waals surface area contributed by atoms with Gasteiger partial charge in [-0.1, -0.05) is 6.07 Å². The van der Waals surface area contributed by atoms with Crippen LogP contribution in [0.4, 0.5) is 0 Å². The standard InChI is InChI=1S/C14H23N3O2/c18-10-7-17(13-14-3-1-2-4-15-14)6-5-16-8-11-19-12-9-16/h1-4,18H,5-13H2. The van der Waals surface area contributed by atoms with Gasteiger partial charge in [0, 0.05) is 45.5 Å². The largest absolute Gasteiger partial charge is 0.395 e. The predicted octanol–water partition coefficient (Wildman–Crippen LogP) is 0.208. The van der Waals surface area contributed by atoms with Crippen molar-refractivity contribution in [2.45, 2.75) is 6.54 Å². The maximum absolute atomic E-state index is 9.16. The molecule has 19 heavy (non-hydrogen) atoms. The van der Waals surface area contributed by atoms with Gasteiger partial charge in [0.05, 0.1) is 25.5 Å². The molecule has 106 valence electrons. The number of pyridine rings is 1. The molecule has 1 aliphatic rings. The molecule has 1 fully saturated rings. The van der Waals surface area contributed by atoms with Crippen LogP contribution in [0.5, 0.6) is 0 Å². The second-order valence-corrected chi connectivity index (χ2v) is 4.77. The first kappa shape index (κ1) is 14.4. The monoisotopic (exact) mass is 265 g/mol. The van der Waals surface area contributed by atoms with Crippen LogP contribution in [0.15, 0.2) is 24.4 Å². The molecular formula is C14H23N3O2. The summed E-state index contributed by atoms with van der Waals surface area (Å²) in [6, 6.07) is 5.95. The molecule has 5 nitrogen and oxygen atoms in total. The minimum Gasteiger partial charge on any atom is -0.395 e. The summed E-state index contributed by atoms with van der Waals surface area (Å²) in [7, 11) is 0. The molecule has 0 amide bonds. The lowest BCUT2D eigenvalue weighted by molar-refractivity contribution is 0.0319. The summed E-state index contributed by atoms with van der Waals surface area (Å²) in [6.45, 7) is 7.35. The predicted molar refractivity (Wildman–Crippen MR) is 73.9 cm³/mol. The van der Waals surface area contributed by atoms with Crippen molar-refractivity contribution in [2.24, 2.45) is 0 Å². The summed E-state index contributed by atoms with van der Waals surface area (Å²) in [5.74, 6) is 0. The first-order chi connectivity index (χ1) is 9.38. The Morgan fingerprint density at radius 2 is 2.11 bits per heavy atom. The quantitative estimate of drug-likeness (QED) is 0.763. The molecule has 0 bridgehead atoms. The molecular weight excluding hydrogens is 242 g/mol. The Hall–Kier alpha value is -1.01. The van der Waals surface area contributed by atoms with Gasteiger partial charge in [0.15, 0.2) is 0 Å². The minimum absolute atomic E-state index is 0.190. The Balaban J connectivity index is 1.78. The lowest BCUT2D eigenvalue weighted by atomic mass is 10.3. The van der Waals surface area contributed by atoms with Crippen molar-refractivity contribution in [3.8, 4) is 0 Å². The number of aliphatic hydroxyl groups excluding tert-OH is 1. The molecule has 1 aliphatic heterocycles. The van der Waals surface area contributed by atoms with Gasteiger partial charge in [-0.25, -0.2) is 0 Å². The Kier molecular flexibility index (Phi) is 6.23. The number of morpholine rings is 1.